The average molecular weight is 581 g/mol. The van der Waals surface area contributed by atoms with Crippen molar-refractivity contribution in [3.05, 3.63) is 0 Å². The molecule has 16 N–H and O–H groups in total. The summed E-state index contributed by atoms with van der Waals surface area (Å²) in [4.78, 5) is 12.6. The van der Waals surface area contributed by atoms with Crippen molar-refractivity contribution in [1.29, 1.82) is 0 Å². The third-order valence-electron chi connectivity index (χ3n) is 7.84. The van der Waals surface area contributed by atoms with Crippen molar-refractivity contribution in [2.45, 2.75) is 124 Å². The molecule has 1 amide bonds. The van der Waals surface area contributed by atoms with Crippen LogP contribution >= 0.6 is 0 Å². The zero-order valence-corrected chi connectivity index (χ0v) is 22.6. The molecule has 16 nitrogen and oxygen atoms in total. The second kappa shape index (κ2) is 15.4. The molecule has 0 radical (unpaired) electrons. The van der Waals surface area contributed by atoms with Gasteiger partial charge in [0.1, 0.15) is 42.7 Å². The molecular formula is C24H48N6O10. The Labute approximate surface area is 233 Å². The summed E-state index contributed by atoms with van der Waals surface area (Å²) in [5.41, 5.74) is 29.6. The maximum Gasteiger partial charge on any atom is 0.249 e. The molecule has 1 saturated carbocycles. The zero-order valence-electron chi connectivity index (χ0n) is 22.6. The molecule has 40 heavy (non-hydrogen) atoms. The molecule has 2 aliphatic heterocycles. The van der Waals surface area contributed by atoms with Crippen molar-refractivity contribution in [1.82, 2.24) is 5.32 Å². The lowest BCUT2D eigenvalue weighted by Crippen LogP contribution is -2.69. The van der Waals surface area contributed by atoms with Gasteiger partial charge in [0.15, 0.2) is 12.6 Å². The second-order valence-electron chi connectivity index (χ2n) is 10.9. The molecule has 234 valence electrons. The minimum Gasteiger partial charge on any atom is -0.394 e. The molecule has 6 unspecified atom stereocenters. The maximum absolute atomic E-state index is 12.6. The van der Waals surface area contributed by atoms with Crippen LogP contribution in [-0.4, -0.2) is 137 Å². The van der Waals surface area contributed by atoms with Gasteiger partial charge in [-0.15, -0.1) is 0 Å². The highest BCUT2D eigenvalue weighted by molar-refractivity contribution is 5.80. The molecule has 3 rings (SSSR count). The number of nitrogens with two attached hydrogens (primary N) is 5. The summed E-state index contributed by atoms with van der Waals surface area (Å²) >= 11 is 0. The smallest absolute Gasteiger partial charge is 0.249 e. The monoisotopic (exact) mass is 580 g/mol. The highest BCUT2D eigenvalue weighted by Gasteiger charge is 2.51. The topological polar surface area (TPSA) is 297 Å². The molecule has 3 aliphatic rings. The first-order chi connectivity index (χ1) is 19.0. The first-order valence-electron chi connectivity index (χ1n) is 13.9. The lowest BCUT2D eigenvalue weighted by Gasteiger charge is -2.48. The standard InChI is InChI=1S/C24H48N6O10/c25-6-1-2-10-3-4-11(27)23(37-10)39-20-12(28)8-13(30-22(36)14(32)5-7-26)21(19(20)35)40-24-18(34)16(29)17(33)15(9-31)38-24/h10-21,23-24,31-35H,1-9,25-29H2,(H,30,36)/t10?,11?,12-,13+,14-,15?,16-,17-,18?,19?,20?,21+,23-,24-/m0/s1. The number of carbonyl (C=O) groups excluding carboxylic acids is 1. The number of carbonyl (C=O) groups is 1. The van der Waals surface area contributed by atoms with Gasteiger partial charge in [-0.3, -0.25) is 4.79 Å². The fraction of sp³-hybridized carbons (Fsp3) is 0.958. The van der Waals surface area contributed by atoms with Crippen molar-refractivity contribution in [2.75, 3.05) is 19.7 Å². The molecule has 14 atom stereocenters. The van der Waals surface area contributed by atoms with Crippen LogP contribution in [0.2, 0.25) is 0 Å². The number of hydrogen-bond acceptors (Lipinski definition) is 15. The van der Waals surface area contributed by atoms with Gasteiger partial charge in [-0.2, -0.15) is 0 Å². The molecular weight excluding hydrogens is 532 g/mol. The Balaban J connectivity index is 1.80. The first kappa shape index (κ1) is 33.4. The van der Waals surface area contributed by atoms with Gasteiger partial charge in [-0.1, -0.05) is 0 Å². The number of aliphatic hydroxyl groups excluding tert-OH is 5. The van der Waals surface area contributed by atoms with Gasteiger partial charge in [-0.05, 0) is 51.6 Å². The summed E-state index contributed by atoms with van der Waals surface area (Å²) in [5, 5.41) is 54.6. The van der Waals surface area contributed by atoms with E-state index >= 15 is 0 Å². The van der Waals surface area contributed by atoms with E-state index in [1.165, 1.54) is 0 Å². The predicted molar refractivity (Wildman–Crippen MR) is 140 cm³/mol. The highest BCUT2D eigenvalue weighted by Crippen LogP contribution is 2.32. The largest absolute Gasteiger partial charge is 0.394 e. The molecule has 0 aromatic heterocycles. The third kappa shape index (κ3) is 8.05. The fourth-order valence-corrected chi connectivity index (χ4v) is 5.41. The minimum absolute atomic E-state index is 0.00201. The van der Waals surface area contributed by atoms with Crippen molar-refractivity contribution in [3.8, 4) is 0 Å². The number of hydrogen-bond donors (Lipinski definition) is 11. The van der Waals surface area contributed by atoms with Gasteiger partial charge in [0.25, 0.3) is 0 Å². The van der Waals surface area contributed by atoms with Gasteiger partial charge in [0.05, 0.1) is 30.8 Å². The highest BCUT2D eigenvalue weighted by atomic mass is 16.7. The Morgan fingerprint density at radius 2 is 1.62 bits per heavy atom. The average Bonchev–Trinajstić information content (AvgIpc) is 2.93. The van der Waals surface area contributed by atoms with Crippen LogP contribution in [0.3, 0.4) is 0 Å². The number of ether oxygens (including phenoxy) is 4. The van der Waals surface area contributed by atoms with E-state index in [1.54, 1.807) is 0 Å². The lowest BCUT2D eigenvalue weighted by molar-refractivity contribution is -0.314. The molecule has 0 spiro atoms. The third-order valence-corrected chi connectivity index (χ3v) is 7.84. The summed E-state index contributed by atoms with van der Waals surface area (Å²) in [6.07, 6.45) is -8.95. The fourth-order valence-electron chi connectivity index (χ4n) is 5.41. The number of rotatable bonds is 12. The van der Waals surface area contributed by atoms with E-state index < -0.39 is 92.0 Å². The van der Waals surface area contributed by atoms with Crippen LogP contribution in [0.4, 0.5) is 0 Å². The number of aliphatic hydroxyl groups is 5. The van der Waals surface area contributed by atoms with Crippen molar-refractivity contribution in [3.63, 3.8) is 0 Å². The van der Waals surface area contributed by atoms with E-state index in [-0.39, 0.29) is 25.5 Å². The lowest BCUT2D eigenvalue weighted by atomic mass is 9.83. The van der Waals surface area contributed by atoms with Gasteiger partial charge < -0.3 is 78.5 Å². The molecule has 0 aromatic carbocycles. The second-order valence-corrected chi connectivity index (χ2v) is 10.9. The first-order valence-corrected chi connectivity index (χ1v) is 13.9. The van der Waals surface area contributed by atoms with Gasteiger partial charge in [0, 0.05) is 6.04 Å². The summed E-state index contributed by atoms with van der Waals surface area (Å²) in [6.45, 7) is -0.0301. The molecule has 2 heterocycles. The molecule has 16 heteroatoms. The molecule has 1 aliphatic carbocycles. The quantitative estimate of drug-likeness (QED) is 0.102. The molecule has 0 aromatic rings. The van der Waals surface area contributed by atoms with Crippen LogP contribution in [-0.2, 0) is 23.7 Å². The predicted octanol–water partition coefficient (Wildman–Crippen LogP) is -5.62. The summed E-state index contributed by atoms with van der Waals surface area (Å²) in [6, 6.07) is -3.50. The van der Waals surface area contributed by atoms with Crippen molar-refractivity contribution >= 4 is 5.91 Å². The van der Waals surface area contributed by atoms with E-state index in [0.29, 0.717) is 13.0 Å². The zero-order chi connectivity index (χ0) is 29.6. The van der Waals surface area contributed by atoms with E-state index in [0.717, 1.165) is 19.3 Å². The van der Waals surface area contributed by atoms with Crippen molar-refractivity contribution in [2.24, 2.45) is 28.7 Å². The maximum atomic E-state index is 12.6. The summed E-state index contributed by atoms with van der Waals surface area (Å²) < 4.78 is 23.7. The SMILES string of the molecule is NCCCC1CCC(N)[C@H](OC2C(O)[C@H](O[C@@H]3OC(CO)[C@H](O)[C@H](N)C3O)[C@H](NC(=O)[C@@H](O)CCN)C[C@@H]2N)O1. The summed E-state index contributed by atoms with van der Waals surface area (Å²) in [5.74, 6) is -0.756. The normalized spacial score (nSPS) is 43.3. The van der Waals surface area contributed by atoms with E-state index in [2.05, 4.69) is 5.32 Å². The number of amides is 1. The van der Waals surface area contributed by atoms with Gasteiger partial charge in [-0.25, -0.2) is 0 Å². The number of nitrogens with one attached hydrogen (secondary N) is 1. The van der Waals surface area contributed by atoms with Crippen LogP contribution in [0.15, 0.2) is 0 Å². The van der Waals surface area contributed by atoms with Gasteiger partial charge >= 0.3 is 0 Å². The molecule has 2 saturated heterocycles. The van der Waals surface area contributed by atoms with Crippen LogP contribution in [0, 0.1) is 0 Å². The van der Waals surface area contributed by atoms with Crippen LogP contribution in [0.1, 0.15) is 38.5 Å². The Hall–Kier alpha value is -1.09. The van der Waals surface area contributed by atoms with Crippen LogP contribution in [0.25, 0.3) is 0 Å². The van der Waals surface area contributed by atoms with Crippen LogP contribution < -0.4 is 34.0 Å². The van der Waals surface area contributed by atoms with Crippen molar-refractivity contribution < 1.29 is 49.3 Å². The summed E-state index contributed by atoms with van der Waals surface area (Å²) in [7, 11) is 0. The van der Waals surface area contributed by atoms with E-state index in [9.17, 15) is 30.3 Å². The van der Waals surface area contributed by atoms with E-state index in [4.69, 9.17) is 47.6 Å². The molecule has 0 bridgehead atoms. The van der Waals surface area contributed by atoms with Crippen LogP contribution in [0.5, 0.6) is 0 Å². The Morgan fingerprint density at radius 1 is 0.925 bits per heavy atom. The van der Waals surface area contributed by atoms with E-state index in [1.807, 2.05) is 0 Å². The Bertz CT molecular complexity index is 784. The molecule has 3 fully saturated rings. The minimum atomic E-state index is -1.54. The van der Waals surface area contributed by atoms with Gasteiger partial charge in [0.2, 0.25) is 5.91 Å². The Kier molecular flexibility index (Phi) is 12.9. The Morgan fingerprint density at radius 3 is 2.27 bits per heavy atom.